The van der Waals surface area contributed by atoms with Gasteiger partial charge < -0.3 is 10.1 Å². The van der Waals surface area contributed by atoms with Crippen LogP contribution in [0.4, 0.5) is 17.2 Å². The first-order valence-electron chi connectivity index (χ1n) is 9.68. The lowest BCUT2D eigenvalue weighted by Crippen LogP contribution is -2.15. The number of sulfonamides is 1. The highest BCUT2D eigenvalue weighted by atomic mass is 32.2. The average Bonchev–Trinajstić information content (AvgIpc) is 2.79. The van der Waals surface area contributed by atoms with Crippen molar-refractivity contribution < 1.29 is 18.1 Å². The SMILES string of the molecule is COc1ccc(C)c(Nc2nc3ccccc3nc2-c2c([N+](=O)[O-])cccc2S(N)(=O)=O)c1. The van der Waals surface area contributed by atoms with E-state index in [9.17, 15) is 18.5 Å². The predicted molar refractivity (Wildman–Crippen MR) is 124 cm³/mol. The molecule has 11 heteroatoms. The predicted octanol–water partition coefficient (Wildman–Crippen LogP) is 3.91. The lowest BCUT2D eigenvalue weighted by Gasteiger charge is -2.16. The molecular formula is C22H19N5O5S. The molecule has 4 aromatic rings. The van der Waals surface area contributed by atoms with Gasteiger partial charge in [0.2, 0.25) is 10.0 Å². The van der Waals surface area contributed by atoms with Crippen molar-refractivity contribution in [3.05, 3.63) is 76.3 Å². The number of benzene rings is 3. The number of para-hydroxylation sites is 2. The van der Waals surface area contributed by atoms with Gasteiger partial charge in [-0.05, 0) is 36.8 Å². The van der Waals surface area contributed by atoms with E-state index in [4.69, 9.17) is 9.88 Å². The number of nitrogens with two attached hydrogens (primary N) is 1. The Morgan fingerprint density at radius 2 is 1.73 bits per heavy atom. The Kier molecular flexibility index (Phi) is 5.66. The van der Waals surface area contributed by atoms with Crippen molar-refractivity contribution in [2.75, 3.05) is 12.4 Å². The third-order valence-corrected chi connectivity index (χ3v) is 5.97. The summed E-state index contributed by atoms with van der Waals surface area (Å²) in [7, 11) is -2.79. The third kappa shape index (κ3) is 4.31. The quantitative estimate of drug-likeness (QED) is 0.321. The van der Waals surface area contributed by atoms with Gasteiger partial charge in [-0.25, -0.2) is 23.5 Å². The number of aromatic nitrogens is 2. The number of hydrogen-bond donors (Lipinski definition) is 2. The maximum absolute atomic E-state index is 12.3. The van der Waals surface area contributed by atoms with Crippen LogP contribution in [0.2, 0.25) is 0 Å². The number of fused-ring (bicyclic) bond motifs is 1. The second-order valence-corrected chi connectivity index (χ2v) is 8.70. The highest BCUT2D eigenvalue weighted by Gasteiger charge is 2.29. The fraction of sp³-hybridized carbons (Fsp3) is 0.0909. The van der Waals surface area contributed by atoms with Gasteiger partial charge in [-0.2, -0.15) is 0 Å². The van der Waals surface area contributed by atoms with Gasteiger partial charge in [0.1, 0.15) is 17.0 Å². The van der Waals surface area contributed by atoms with Crippen LogP contribution in [-0.4, -0.2) is 30.4 Å². The van der Waals surface area contributed by atoms with Crippen LogP contribution in [0.3, 0.4) is 0 Å². The number of nitrogens with one attached hydrogen (secondary N) is 1. The molecule has 1 heterocycles. The van der Waals surface area contributed by atoms with E-state index in [1.165, 1.54) is 25.3 Å². The van der Waals surface area contributed by atoms with Crippen LogP contribution >= 0.6 is 0 Å². The molecule has 168 valence electrons. The summed E-state index contributed by atoms with van der Waals surface area (Å²) in [4.78, 5) is 19.9. The van der Waals surface area contributed by atoms with Crippen LogP contribution in [0.1, 0.15) is 5.56 Å². The molecule has 3 N–H and O–H groups in total. The van der Waals surface area contributed by atoms with Crippen LogP contribution < -0.4 is 15.2 Å². The number of nitro benzene ring substituents is 1. The maximum Gasteiger partial charge on any atom is 0.280 e. The second-order valence-electron chi connectivity index (χ2n) is 7.17. The van der Waals surface area contributed by atoms with Gasteiger partial charge in [-0.15, -0.1) is 0 Å². The van der Waals surface area contributed by atoms with Gasteiger partial charge in [0.15, 0.2) is 5.82 Å². The summed E-state index contributed by atoms with van der Waals surface area (Å²) >= 11 is 0. The van der Waals surface area contributed by atoms with Crippen molar-refractivity contribution in [1.82, 2.24) is 9.97 Å². The van der Waals surface area contributed by atoms with Crippen LogP contribution in [-0.2, 0) is 10.0 Å². The minimum atomic E-state index is -4.32. The first kappa shape index (κ1) is 22.1. The van der Waals surface area contributed by atoms with E-state index >= 15 is 0 Å². The van der Waals surface area contributed by atoms with Crippen LogP contribution in [0.25, 0.3) is 22.3 Å². The summed E-state index contributed by atoms with van der Waals surface area (Å²) in [5, 5.41) is 20.4. The fourth-order valence-corrected chi connectivity index (χ4v) is 4.15. The first-order chi connectivity index (χ1) is 15.7. The standard InChI is InChI=1S/C22H19N5O5S/c1-13-10-11-14(32-2)12-17(13)26-22-21(24-15-6-3-4-7-16(15)25-22)20-18(27(28)29)8-5-9-19(20)33(23,30)31/h3-12H,1-2H3,(H,25,26)(H2,23,30,31). The molecule has 0 aliphatic carbocycles. The van der Waals surface area contributed by atoms with Crippen molar-refractivity contribution in [2.45, 2.75) is 11.8 Å². The van der Waals surface area contributed by atoms with Crippen molar-refractivity contribution >= 4 is 38.2 Å². The van der Waals surface area contributed by atoms with Gasteiger partial charge in [0.05, 0.1) is 28.0 Å². The second kappa shape index (κ2) is 8.45. The summed E-state index contributed by atoms with van der Waals surface area (Å²) in [5.41, 5.74) is 1.66. The molecule has 0 aliphatic heterocycles. The fourth-order valence-electron chi connectivity index (χ4n) is 3.40. The van der Waals surface area contributed by atoms with E-state index in [0.717, 1.165) is 5.56 Å². The zero-order valence-electron chi connectivity index (χ0n) is 17.6. The number of methoxy groups -OCH3 is 1. The molecule has 1 aromatic heterocycles. The summed E-state index contributed by atoms with van der Waals surface area (Å²) in [6, 6.07) is 15.9. The van der Waals surface area contributed by atoms with Gasteiger partial charge in [-0.1, -0.05) is 24.3 Å². The lowest BCUT2D eigenvalue weighted by molar-refractivity contribution is -0.384. The molecule has 3 aromatic carbocycles. The van der Waals surface area contributed by atoms with Crippen LogP contribution in [0, 0.1) is 17.0 Å². The molecule has 33 heavy (non-hydrogen) atoms. The van der Waals surface area contributed by atoms with Gasteiger partial charge in [0, 0.05) is 17.8 Å². The zero-order chi connectivity index (χ0) is 23.8. The zero-order valence-corrected chi connectivity index (χ0v) is 18.5. The minimum Gasteiger partial charge on any atom is -0.497 e. The van der Waals surface area contributed by atoms with E-state index in [1.807, 2.05) is 13.0 Å². The van der Waals surface area contributed by atoms with E-state index in [2.05, 4.69) is 15.3 Å². The van der Waals surface area contributed by atoms with E-state index in [1.54, 1.807) is 36.4 Å². The monoisotopic (exact) mass is 465 g/mol. The number of aryl methyl sites for hydroxylation is 1. The normalized spacial score (nSPS) is 11.4. The molecule has 0 aliphatic rings. The van der Waals surface area contributed by atoms with E-state index in [0.29, 0.717) is 22.5 Å². The molecule has 0 bridgehead atoms. The van der Waals surface area contributed by atoms with Crippen molar-refractivity contribution in [2.24, 2.45) is 5.14 Å². The number of nitrogens with zero attached hydrogens (tertiary/aromatic N) is 3. The molecule has 4 rings (SSSR count). The van der Waals surface area contributed by atoms with Gasteiger partial charge in [-0.3, -0.25) is 10.1 Å². The smallest absolute Gasteiger partial charge is 0.280 e. The molecule has 0 fully saturated rings. The first-order valence-corrected chi connectivity index (χ1v) is 11.2. The Morgan fingerprint density at radius 3 is 2.36 bits per heavy atom. The van der Waals surface area contributed by atoms with Crippen LogP contribution in [0.5, 0.6) is 5.75 Å². The molecule has 0 atom stereocenters. The number of hydrogen-bond acceptors (Lipinski definition) is 8. The van der Waals surface area contributed by atoms with Crippen molar-refractivity contribution in [3.63, 3.8) is 0 Å². The molecular weight excluding hydrogens is 446 g/mol. The largest absolute Gasteiger partial charge is 0.497 e. The molecule has 10 nitrogen and oxygen atoms in total. The number of primary sulfonamides is 1. The van der Waals surface area contributed by atoms with Gasteiger partial charge >= 0.3 is 0 Å². The van der Waals surface area contributed by atoms with Crippen LogP contribution in [0.15, 0.2) is 65.6 Å². The molecule has 0 unspecified atom stereocenters. The molecule has 0 radical (unpaired) electrons. The Morgan fingerprint density at radius 1 is 1.03 bits per heavy atom. The average molecular weight is 465 g/mol. The highest BCUT2D eigenvalue weighted by Crippen LogP contribution is 2.39. The number of anilines is 2. The molecule has 0 saturated heterocycles. The van der Waals surface area contributed by atoms with E-state index < -0.39 is 25.5 Å². The maximum atomic E-state index is 12.3. The third-order valence-electron chi connectivity index (χ3n) is 5.01. The topological polar surface area (TPSA) is 150 Å². The Balaban J connectivity index is 2.06. The summed E-state index contributed by atoms with van der Waals surface area (Å²) in [6.07, 6.45) is 0. The molecule has 0 spiro atoms. The number of rotatable bonds is 6. The van der Waals surface area contributed by atoms with E-state index in [-0.39, 0.29) is 17.1 Å². The van der Waals surface area contributed by atoms with Crippen molar-refractivity contribution in [3.8, 4) is 17.0 Å². The number of nitro groups is 1. The Labute approximate surface area is 189 Å². The lowest BCUT2D eigenvalue weighted by atomic mass is 10.1. The van der Waals surface area contributed by atoms with Crippen molar-refractivity contribution in [1.29, 1.82) is 0 Å². The van der Waals surface area contributed by atoms with Gasteiger partial charge in [0.25, 0.3) is 5.69 Å². The summed E-state index contributed by atoms with van der Waals surface area (Å²) < 4.78 is 30.0. The molecule has 0 amide bonds. The molecule has 0 saturated carbocycles. The Hall–Kier alpha value is -4.09. The Bertz CT molecular complexity index is 1500. The summed E-state index contributed by atoms with van der Waals surface area (Å²) in [6.45, 7) is 1.86. The number of ether oxygens (including phenoxy) is 1. The summed E-state index contributed by atoms with van der Waals surface area (Å²) in [5.74, 6) is 0.707. The minimum absolute atomic E-state index is 0.0211. The highest BCUT2D eigenvalue weighted by molar-refractivity contribution is 7.89.